The standard InChI is InChI=1S/C16H18N6O.C2HF3O2/c1-4-6-9-22-13-14(18-12(5-2)20(3)15(13)23)19-16(22)21-10-7-17-8-11-21;3-2(4,5)1(6)7/h2,17H,7-11H2,1,3H3;(H,6,7). The van der Waals surface area contributed by atoms with E-state index >= 15 is 0 Å². The molecule has 2 aromatic rings. The molecule has 1 aliphatic rings. The van der Waals surface area contributed by atoms with Crippen molar-refractivity contribution < 1.29 is 23.1 Å². The molecule has 2 aromatic heterocycles. The van der Waals surface area contributed by atoms with E-state index in [1.807, 2.05) is 4.57 Å². The summed E-state index contributed by atoms with van der Waals surface area (Å²) in [6.07, 6.45) is 0.347. The van der Waals surface area contributed by atoms with E-state index < -0.39 is 12.1 Å². The average molecular weight is 424 g/mol. The first-order valence-corrected chi connectivity index (χ1v) is 8.71. The van der Waals surface area contributed by atoms with E-state index in [0.717, 1.165) is 32.1 Å². The molecular formula is C18H19F3N6O3. The van der Waals surface area contributed by atoms with Gasteiger partial charge in [0.2, 0.25) is 5.95 Å². The van der Waals surface area contributed by atoms with Gasteiger partial charge in [0, 0.05) is 33.2 Å². The Balaban J connectivity index is 0.000000396. The number of carboxylic acid groups (broad SMARTS) is 1. The molecule has 0 atom stereocenters. The predicted molar refractivity (Wildman–Crippen MR) is 103 cm³/mol. The SMILES string of the molecule is C#Cc1nc2nc(N3CCNCC3)n(CC#CC)c2c(=O)n1C.O=C(O)C(F)(F)F. The van der Waals surface area contributed by atoms with Gasteiger partial charge in [0.15, 0.2) is 17.0 Å². The fourth-order valence-corrected chi connectivity index (χ4v) is 2.69. The van der Waals surface area contributed by atoms with Crippen molar-refractivity contribution >= 4 is 23.1 Å². The number of aromatic nitrogens is 4. The predicted octanol–water partition coefficient (Wildman–Crippen LogP) is 0.177. The topological polar surface area (TPSA) is 105 Å². The van der Waals surface area contributed by atoms with E-state index in [4.69, 9.17) is 16.3 Å². The van der Waals surface area contributed by atoms with Crippen LogP contribution in [0.2, 0.25) is 0 Å². The van der Waals surface area contributed by atoms with Crippen molar-refractivity contribution in [2.75, 3.05) is 31.1 Å². The maximum Gasteiger partial charge on any atom is 0.490 e. The van der Waals surface area contributed by atoms with Crippen LogP contribution in [0.4, 0.5) is 19.1 Å². The van der Waals surface area contributed by atoms with Gasteiger partial charge in [0.1, 0.15) is 0 Å². The molecule has 1 saturated heterocycles. The number of anilines is 1. The smallest absolute Gasteiger partial charge is 0.475 e. The largest absolute Gasteiger partial charge is 0.490 e. The molecule has 0 spiro atoms. The highest BCUT2D eigenvalue weighted by atomic mass is 19.4. The minimum atomic E-state index is -5.08. The van der Waals surface area contributed by atoms with Crippen molar-refractivity contribution in [3.8, 4) is 24.2 Å². The van der Waals surface area contributed by atoms with Crippen molar-refractivity contribution in [3.63, 3.8) is 0 Å². The highest BCUT2D eigenvalue weighted by Gasteiger charge is 2.38. The van der Waals surface area contributed by atoms with Crippen molar-refractivity contribution in [2.45, 2.75) is 19.6 Å². The van der Waals surface area contributed by atoms with E-state index in [0.29, 0.717) is 17.7 Å². The number of nitrogens with zero attached hydrogens (tertiary/aromatic N) is 5. The Labute approximate surface area is 169 Å². The summed E-state index contributed by atoms with van der Waals surface area (Å²) in [4.78, 5) is 32.6. The summed E-state index contributed by atoms with van der Waals surface area (Å²) in [5.74, 6) is 6.56. The number of rotatable bonds is 2. The quantitative estimate of drug-likeness (QED) is 0.663. The molecular weight excluding hydrogens is 405 g/mol. The van der Waals surface area contributed by atoms with Gasteiger partial charge in [-0.25, -0.2) is 9.78 Å². The first kappa shape index (κ1) is 22.8. The van der Waals surface area contributed by atoms with Crippen LogP contribution in [-0.2, 0) is 18.4 Å². The van der Waals surface area contributed by atoms with E-state index in [1.165, 1.54) is 4.57 Å². The number of hydrogen-bond donors (Lipinski definition) is 2. The van der Waals surface area contributed by atoms with Crippen LogP contribution < -0.4 is 15.8 Å². The summed E-state index contributed by atoms with van der Waals surface area (Å²) < 4.78 is 35.0. The van der Waals surface area contributed by atoms with Gasteiger partial charge in [0.25, 0.3) is 5.56 Å². The van der Waals surface area contributed by atoms with Gasteiger partial charge < -0.3 is 15.3 Å². The number of fused-ring (bicyclic) bond motifs is 1. The Morgan fingerprint density at radius 2 is 1.90 bits per heavy atom. The molecule has 3 rings (SSSR count). The van der Waals surface area contributed by atoms with Gasteiger partial charge >= 0.3 is 12.1 Å². The Hall–Kier alpha value is -3.51. The molecule has 0 saturated carbocycles. The van der Waals surface area contributed by atoms with Gasteiger partial charge in [-0.15, -0.1) is 12.3 Å². The van der Waals surface area contributed by atoms with Gasteiger partial charge in [-0.05, 0) is 12.8 Å². The molecule has 0 unspecified atom stereocenters. The number of aliphatic carboxylic acids is 1. The molecule has 1 aliphatic heterocycles. The third-order valence-electron chi connectivity index (χ3n) is 4.15. The third kappa shape index (κ3) is 4.90. The number of imidazole rings is 1. The molecule has 0 bridgehead atoms. The fourth-order valence-electron chi connectivity index (χ4n) is 2.69. The summed E-state index contributed by atoms with van der Waals surface area (Å²) in [5, 5.41) is 10.4. The summed E-state index contributed by atoms with van der Waals surface area (Å²) >= 11 is 0. The van der Waals surface area contributed by atoms with Gasteiger partial charge in [-0.3, -0.25) is 13.9 Å². The highest BCUT2D eigenvalue weighted by molar-refractivity contribution is 5.75. The lowest BCUT2D eigenvalue weighted by atomic mass is 10.4. The van der Waals surface area contributed by atoms with Crippen LogP contribution in [0.1, 0.15) is 12.7 Å². The summed E-state index contributed by atoms with van der Waals surface area (Å²) in [7, 11) is 1.62. The van der Waals surface area contributed by atoms with E-state index in [9.17, 15) is 18.0 Å². The Kier molecular flexibility index (Phi) is 7.08. The Morgan fingerprint density at radius 1 is 1.30 bits per heavy atom. The third-order valence-corrected chi connectivity index (χ3v) is 4.15. The molecule has 2 N–H and O–H groups in total. The number of terminal acetylenes is 1. The van der Waals surface area contributed by atoms with Crippen molar-refractivity contribution in [3.05, 3.63) is 16.2 Å². The number of alkyl halides is 3. The second-order valence-corrected chi connectivity index (χ2v) is 6.08. The zero-order valence-electron chi connectivity index (χ0n) is 16.2. The van der Waals surface area contributed by atoms with Crippen LogP contribution in [-0.4, -0.2) is 62.5 Å². The van der Waals surface area contributed by atoms with Crippen LogP contribution in [0.3, 0.4) is 0 Å². The molecule has 0 amide bonds. The van der Waals surface area contributed by atoms with E-state index in [2.05, 4.69) is 37.9 Å². The van der Waals surface area contributed by atoms with Gasteiger partial charge in [-0.1, -0.05) is 5.92 Å². The van der Waals surface area contributed by atoms with Crippen LogP contribution in [0, 0.1) is 24.2 Å². The van der Waals surface area contributed by atoms with Crippen LogP contribution >= 0.6 is 0 Å². The summed E-state index contributed by atoms with van der Waals surface area (Å²) in [6, 6.07) is 0. The zero-order valence-corrected chi connectivity index (χ0v) is 16.2. The number of hydrogen-bond acceptors (Lipinski definition) is 6. The number of halogens is 3. The first-order valence-electron chi connectivity index (χ1n) is 8.71. The molecule has 9 nitrogen and oxygen atoms in total. The van der Waals surface area contributed by atoms with Crippen molar-refractivity contribution in [1.82, 2.24) is 24.4 Å². The van der Waals surface area contributed by atoms with Crippen LogP contribution in [0.15, 0.2) is 4.79 Å². The molecule has 160 valence electrons. The second-order valence-electron chi connectivity index (χ2n) is 6.08. The Morgan fingerprint density at radius 3 is 2.40 bits per heavy atom. The van der Waals surface area contributed by atoms with E-state index in [1.54, 1.807) is 14.0 Å². The molecule has 0 aliphatic carbocycles. The van der Waals surface area contributed by atoms with E-state index in [-0.39, 0.29) is 11.4 Å². The summed E-state index contributed by atoms with van der Waals surface area (Å²) in [5.41, 5.74) is 0.630. The summed E-state index contributed by atoms with van der Waals surface area (Å²) in [6.45, 7) is 5.58. The zero-order chi connectivity index (χ0) is 22.5. The maximum atomic E-state index is 12.7. The first-order chi connectivity index (χ1) is 14.1. The van der Waals surface area contributed by atoms with Crippen molar-refractivity contribution in [1.29, 1.82) is 0 Å². The molecule has 30 heavy (non-hydrogen) atoms. The lowest BCUT2D eigenvalue weighted by Gasteiger charge is -2.28. The monoisotopic (exact) mass is 424 g/mol. The van der Waals surface area contributed by atoms with Gasteiger partial charge in [-0.2, -0.15) is 18.2 Å². The highest BCUT2D eigenvalue weighted by Crippen LogP contribution is 2.20. The molecule has 0 aromatic carbocycles. The normalized spacial score (nSPS) is 13.7. The molecule has 0 radical (unpaired) electrons. The number of piperazine rings is 1. The Bertz CT molecular complexity index is 1100. The number of carbonyl (C=O) groups is 1. The lowest BCUT2D eigenvalue weighted by Crippen LogP contribution is -2.44. The minimum Gasteiger partial charge on any atom is -0.475 e. The lowest BCUT2D eigenvalue weighted by molar-refractivity contribution is -0.192. The van der Waals surface area contributed by atoms with Crippen LogP contribution in [0.5, 0.6) is 0 Å². The maximum absolute atomic E-state index is 12.7. The number of nitrogens with one attached hydrogen (secondary N) is 1. The number of carboxylic acids is 1. The van der Waals surface area contributed by atoms with Crippen molar-refractivity contribution in [2.24, 2.45) is 7.05 Å². The minimum absolute atomic E-state index is 0.199. The average Bonchev–Trinajstić information content (AvgIpc) is 3.08. The fraction of sp³-hybridized carbons (Fsp3) is 0.444. The molecule has 12 heteroatoms. The molecule has 3 heterocycles. The van der Waals surface area contributed by atoms with Crippen LogP contribution in [0.25, 0.3) is 11.2 Å². The molecule has 1 fully saturated rings. The van der Waals surface area contributed by atoms with Gasteiger partial charge in [0.05, 0.1) is 6.54 Å². The second kappa shape index (κ2) is 9.33.